The third-order valence-corrected chi connectivity index (χ3v) is 1.43. The molecule has 1 unspecified atom stereocenters. The molecule has 1 heteroatoms. The van der Waals surface area contributed by atoms with Gasteiger partial charge in [-0.2, -0.15) is 0 Å². The monoisotopic (exact) mass is 131 g/mol. The first-order valence-corrected chi connectivity index (χ1v) is 3.74. The van der Waals surface area contributed by atoms with Crippen molar-refractivity contribution in [2.24, 2.45) is 0 Å². The Morgan fingerprint density at radius 2 is 2.11 bits per heavy atom. The highest BCUT2D eigenvalue weighted by Gasteiger charge is 2.00. The van der Waals surface area contributed by atoms with Crippen molar-refractivity contribution in [2.45, 2.75) is 45.2 Å². The summed E-state index contributed by atoms with van der Waals surface area (Å²) < 4.78 is 12.4. The molecule has 0 aromatic carbocycles. The summed E-state index contributed by atoms with van der Waals surface area (Å²) in [5, 5.41) is 0. The number of alkyl halides is 1. The van der Waals surface area contributed by atoms with Crippen molar-refractivity contribution in [3.63, 3.8) is 0 Å². The van der Waals surface area contributed by atoms with Crippen molar-refractivity contribution in [2.75, 3.05) is 0 Å². The molecule has 0 spiro atoms. The van der Waals surface area contributed by atoms with Crippen LogP contribution in [0.25, 0.3) is 0 Å². The molecule has 0 rings (SSSR count). The Morgan fingerprint density at radius 3 is 2.56 bits per heavy atom. The van der Waals surface area contributed by atoms with E-state index in [1.54, 1.807) is 0 Å². The number of hydrogen-bond acceptors (Lipinski definition) is 0. The topological polar surface area (TPSA) is 0 Å². The highest BCUT2D eigenvalue weighted by Crippen LogP contribution is 2.08. The fraction of sp³-hybridized carbons (Fsp3) is 0.875. The smallest absolute Gasteiger partial charge is 0.100 e. The van der Waals surface area contributed by atoms with E-state index in [0.717, 1.165) is 12.8 Å². The van der Waals surface area contributed by atoms with Gasteiger partial charge in [0.05, 0.1) is 0 Å². The molecule has 0 nitrogen and oxygen atoms in total. The summed E-state index contributed by atoms with van der Waals surface area (Å²) in [5.41, 5.74) is 0. The maximum atomic E-state index is 12.4. The molecule has 0 heterocycles. The molecule has 0 amide bonds. The van der Waals surface area contributed by atoms with Crippen molar-refractivity contribution in [3.05, 3.63) is 6.92 Å². The van der Waals surface area contributed by atoms with Crippen molar-refractivity contribution in [3.8, 4) is 0 Å². The Labute approximate surface area is 57.5 Å². The molecule has 0 fully saturated rings. The summed E-state index contributed by atoms with van der Waals surface area (Å²) in [6, 6.07) is 0. The van der Waals surface area contributed by atoms with E-state index in [-0.39, 0.29) is 0 Å². The minimum absolute atomic E-state index is 0.434. The first-order chi connectivity index (χ1) is 4.31. The molecule has 55 valence electrons. The van der Waals surface area contributed by atoms with Gasteiger partial charge < -0.3 is 0 Å². The van der Waals surface area contributed by atoms with Crippen molar-refractivity contribution in [1.29, 1.82) is 0 Å². The zero-order valence-corrected chi connectivity index (χ0v) is 6.20. The van der Waals surface area contributed by atoms with Gasteiger partial charge in [-0.1, -0.05) is 33.1 Å². The van der Waals surface area contributed by atoms with Gasteiger partial charge in [-0.25, -0.2) is 4.39 Å². The van der Waals surface area contributed by atoms with Crippen molar-refractivity contribution >= 4 is 0 Å². The summed E-state index contributed by atoms with van der Waals surface area (Å²) >= 11 is 0. The SMILES string of the molecule is [CH2]CC(F)CCCCC. The quantitative estimate of drug-likeness (QED) is 0.503. The maximum Gasteiger partial charge on any atom is 0.100 e. The second kappa shape index (κ2) is 6.06. The molecule has 0 aliphatic rings. The Balaban J connectivity index is 2.88. The van der Waals surface area contributed by atoms with Crippen LogP contribution in [0, 0.1) is 6.92 Å². The predicted octanol–water partition coefficient (Wildman–Crippen LogP) is 3.13. The molecular formula is C8H16F. The lowest BCUT2D eigenvalue weighted by Gasteiger charge is -2.01. The van der Waals surface area contributed by atoms with Crippen LogP contribution in [0.3, 0.4) is 0 Å². The van der Waals surface area contributed by atoms with E-state index in [1.807, 2.05) is 0 Å². The van der Waals surface area contributed by atoms with Gasteiger partial charge in [0, 0.05) is 0 Å². The minimum atomic E-state index is -0.656. The van der Waals surface area contributed by atoms with Crippen LogP contribution in [0.2, 0.25) is 0 Å². The number of hydrogen-bond donors (Lipinski definition) is 0. The largest absolute Gasteiger partial charge is 0.247 e. The van der Waals surface area contributed by atoms with Crippen molar-refractivity contribution < 1.29 is 4.39 Å². The lowest BCUT2D eigenvalue weighted by atomic mass is 10.1. The van der Waals surface area contributed by atoms with E-state index < -0.39 is 6.17 Å². The van der Waals surface area contributed by atoms with Gasteiger partial charge in [-0.3, -0.25) is 0 Å². The van der Waals surface area contributed by atoms with Crippen LogP contribution < -0.4 is 0 Å². The zero-order chi connectivity index (χ0) is 7.11. The van der Waals surface area contributed by atoms with Gasteiger partial charge in [0.15, 0.2) is 0 Å². The molecule has 0 aromatic heterocycles. The normalized spacial score (nSPS) is 13.7. The molecule has 0 aromatic rings. The molecule has 0 aliphatic heterocycles. The fourth-order valence-corrected chi connectivity index (χ4v) is 0.760. The molecule has 1 radical (unpaired) electrons. The highest BCUT2D eigenvalue weighted by atomic mass is 19.1. The molecule has 0 N–H and O–H groups in total. The standard InChI is InChI=1S/C8H16F/c1-3-5-6-7-8(9)4-2/h8H,2-7H2,1H3. The van der Waals surface area contributed by atoms with Crippen LogP contribution in [0.4, 0.5) is 4.39 Å². The van der Waals surface area contributed by atoms with Gasteiger partial charge in [0.25, 0.3) is 0 Å². The molecule has 0 saturated heterocycles. The third-order valence-electron chi connectivity index (χ3n) is 1.43. The summed E-state index contributed by atoms with van der Waals surface area (Å²) in [4.78, 5) is 0. The molecule has 1 atom stereocenters. The van der Waals surface area contributed by atoms with Crippen LogP contribution in [0.5, 0.6) is 0 Å². The molecule has 0 saturated carbocycles. The van der Waals surface area contributed by atoms with Gasteiger partial charge in [0.1, 0.15) is 6.17 Å². The number of halogens is 1. The van der Waals surface area contributed by atoms with Crippen LogP contribution >= 0.6 is 0 Å². The lowest BCUT2D eigenvalue weighted by molar-refractivity contribution is 0.307. The molecule has 0 aliphatic carbocycles. The highest BCUT2D eigenvalue weighted by molar-refractivity contribution is 4.56. The van der Waals surface area contributed by atoms with E-state index in [2.05, 4.69) is 13.8 Å². The lowest BCUT2D eigenvalue weighted by Crippen LogP contribution is -1.96. The maximum absolute atomic E-state index is 12.4. The molecular weight excluding hydrogens is 115 g/mol. The van der Waals surface area contributed by atoms with E-state index in [9.17, 15) is 4.39 Å². The minimum Gasteiger partial charge on any atom is -0.247 e. The zero-order valence-electron chi connectivity index (χ0n) is 6.20. The summed E-state index contributed by atoms with van der Waals surface area (Å²) in [6.07, 6.45) is 3.83. The molecule has 9 heavy (non-hydrogen) atoms. The van der Waals surface area contributed by atoms with Gasteiger partial charge in [-0.15, -0.1) is 0 Å². The first-order valence-electron chi connectivity index (χ1n) is 3.74. The second-order valence-corrected chi connectivity index (χ2v) is 2.38. The van der Waals surface area contributed by atoms with Crippen LogP contribution in [0.1, 0.15) is 39.0 Å². The summed E-state index contributed by atoms with van der Waals surface area (Å²) in [7, 11) is 0. The van der Waals surface area contributed by atoms with Gasteiger partial charge >= 0.3 is 0 Å². The van der Waals surface area contributed by atoms with Crippen LogP contribution in [-0.2, 0) is 0 Å². The van der Waals surface area contributed by atoms with E-state index >= 15 is 0 Å². The fourth-order valence-electron chi connectivity index (χ4n) is 0.760. The second-order valence-electron chi connectivity index (χ2n) is 2.38. The van der Waals surface area contributed by atoms with Gasteiger partial charge in [0.2, 0.25) is 0 Å². The van der Waals surface area contributed by atoms with Crippen LogP contribution in [0.15, 0.2) is 0 Å². The van der Waals surface area contributed by atoms with Crippen molar-refractivity contribution in [1.82, 2.24) is 0 Å². The Kier molecular flexibility index (Phi) is 6.01. The summed E-state index contributed by atoms with van der Waals surface area (Å²) in [5.74, 6) is 0. The average Bonchev–Trinajstić information content (AvgIpc) is 1.89. The van der Waals surface area contributed by atoms with E-state index in [4.69, 9.17) is 0 Å². The first kappa shape index (κ1) is 8.93. The third kappa shape index (κ3) is 5.81. The van der Waals surface area contributed by atoms with Gasteiger partial charge in [-0.05, 0) is 12.8 Å². The van der Waals surface area contributed by atoms with Crippen LogP contribution in [-0.4, -0.2) is 6.17 Å². The Bertz CT molecular complexity index is 52.5. The van der Waals surface area contributed by atoms with E-state index in [0.29, 0.717) is 12.8 Å². The Morgan fingerprint density at radius 1 is 1.44 bits per heavy atom. The van der Waals surface area contributed by atoms with E-state index in [1.165, 1.54) is 6.42 Å². The molecule has 0 bridgehead atoms. The predicted molar refractivity (Wildman–Crippen MR) is 39.0 cm³/mol. The average molecular weight is 131 g/mol. The number of unbranched alkanes of at least 4 members (excludes halogenated alkanes) is 2. The Hall–Kier alpha value is -0.0700. The number of rotatable bonds is 5. The summed E-state index contributed by atoms with van der Waals surface area (Å²) in [6.45, 7) is 5.61.